The van der Waals surface area contributed by atoms with E-state index in [-0.39, 0.29) is 29.8 Å². The van der Waals surface area contributed by atoms with Crippen LogP contribution in [-0.4, -0.2) is 24.9 Å². The molecular weight excluding hydrogens is 355 g/mol. The van der Waals surface area contributed by atoms with E-state index in [1.807, 2.05) is 31.2 Å². The van der Waals surface area contributed by atoms with Crippen LogP contribution in [0.15, 0.2) is 42.5 Å². The van der Waals surface area contributed by atoms with Gasteiger partial charge in [0.2, 0.25) is 11.8 Å². The van der Waals surface area contributed by atoms with E-state index < -0.39 is 11.7 Å². The van der Waals surface area contributed by atoms with Crippen molar-refractivity contribution in [3.63, 3.8) is 0 Å². The predicted molar refractivity (Wildman–Crippen MR) is 99.8 cm³/mol. The van der Waals surface area contributed by atoms with Gasteiger partial charge in [-0.25, -0.2) is 4.39 Å². The number of hydrogen-bond donors (Lipinski definition) is 1. The molecular formula is C20H20ClFN2O2. The van der Waals surface area contributed by atoms with E-state index >= 15 is 0 Å². The minimum atomic E-state index is -0.535. The highest BCUT2D eigenvalue weighted by molar-refractivity contribution is 6.31. The van der Waals surface area contributed by atoms with Gasteiger partial charge in [-0.05, 0) is 37.1 Å². The van der Waals surface area contributed by atoms with Crippen molar-refractivity contribution in [3.8, 4) is 0 Å². The minimum absolute atomic E-state index is 0.0405. The molecule has 1 atom stereocenters. The Kier molecular flexibility index (Phi) is 5.57. The van der Waals surface area contributed by atoms with E-state index in [2.05, 4.69) is 5.32 Å². The third kappa shape index (κ3) is 4.22. The van der Waals surface area contributed by atoms with Crippen molar-refractivity contribution >= 4 is 29.1 Å². The highest BCUT2D eigenvalue weighted by Crippen LogP contribution is 2.28. The molecule has 2 aromatic carbocycles. The van der Waals surface area contributed by atoms with E-state index in [4.69, 9.17) is 11.6 Å². The second kappa shape index (κ2) is 7.87. The number of amides is 2. The van der Waals surface area contributed by atoms with Crippen molar-refractivity contribution < 1.29 is 14.0 Å². The van der Waals surface area contributed by atoms with Gasteiger partial charge in [-0.15, -0.1) is 0 Å². The summed E-state index contributed by atoms with van der Waals surface area (Å²) in [6, 6.07) is 12.3. The standard InChI is InChI=1S/C20H20ClFN2O2/c1-13-2-4-14(5-3-13)8-9-23-20(26)15-10-19(25)24(12-15)16-6-7-18(22)17(21)11-16/h2-7,11,15H,8-10,12H2,1H3,(H,23,26)/t15-/m1/s1. The Balaban J connectivity index is 1.54. The zero-order valence-corrected chi connectivity index (χ0v) is 15.2. The fraction of sp³-hybridized carbons (Fsp3) is 0.300. The monoisotopic (exact) mass is 374 g/mol. The molecule has 0 unspecified atom stereocenters. The van der Waals surface area contributed by atoms with Gasteiger partial charge in [-0.1, -0.05) is 41.4 Å². The van der Waals surface area contributed by atoms with Gasteiger partial charge in [0.05, 0.1) is 10.9 Å². The molecule has 6 heteroatoms. The van der Waals surface area contributed by atoms with Gasteiger partial charge in [0.25, 0.3) is 0 Å². The number of nitrogens with zero attached hydrogens (tertiary/aromatic N) is 1. The number of hydrogen-bond acceptors (Lipinski definition) is 2. The third-order valence-electron chi connectivity index (χ3n) is 4.54. The second-order valence-corrected chi connectivity index (χ2v) is 6.94. The fourth-order valence-electron chi connectivity index (χ4n) is 3.01. The average Bonchev–Trinajstić information content (AvgIpc) is 3.01. The van der Waals surface area contributed by atoms with Crippen LogP contribution in [0.5, 0.6) is 0 Å². The van der Waals surface area contributed by atoms with Crippen LogP contribution in [0.25, 0.3) is 0 Å². The molecule has 3 rings (SSSR count). The molecule has 136 valence electrons. The Hall–Kier alpha value is -2.40. The first-order valence-corrected chi connectivity index (χ1v) is 8.90. The van der Waals surface area contributed by atoms with Gasteiger partial charge in [-0.2, -0.15) is 0 Å². The van der Waals surface area contributed by atoms with Crippen LogP contribution in [-0.2, 0) is 16.0 Å². The smallest absolute Gasteiger partial charge is 0.227 e. The molecule has 26 heavy (non-hydrogen) atoms. The first-order chi connectivity index (χ1) is 12.4. The molecule has 0 aromatic heterocycles. The maximum absolute atomic E-state index is 13.3. The summed E-state index contributed by atoms with van der Waals surface area (Å²) in [6.45, 7) is 2.83. The number of carbonyl (C=O) groups is 2. The largest absolute Gasteiger partial charge is 0.355 e. The topological polar surface area (TPSA) is 49.4 Å². The molecule has 1 saturated heterocycles. The Labute approximate surface area is 157 Å². The second-order valence-electron chi connectivity index (χ2n) is 6.53. The zero-order valence-electron chi connectivity index (χ0n) is 14.5. The van der Waals surface area contributed by atoms with E-state index in [9.17, 15) is 14.0 Å². The summed E-state index contributed by atoms with van der Waals surface area (Å²) in [5.74, 6) is -1.25. The van der Waals surface area contributed by atoms with E-state index in [1.165, 1.54) is 28.7 Å². The van der Waals surface area contributed by atoms with Gasteiger partial charge in [-0.3, -0.25) is 9.59 Å². The summed E-state index contributed by atoms with van der Waals surface area (Å²) in [7, 11) is 0. The lowest BCUT2D eigenvalue weighted by Gasteiger charge is -2.17. The molecule has 1 fully saturated rings. The Morgan fingerprint density at radius 2 is 2.00 bits per heavy atom. The Morgan fingerprint density at radius 1 is 1.27 bits per heavy atom. The lowest BCUT2D eigenvalue weighted by molar-refractivity contribution is -0.126. The Bertz CT molecular complexity index is 823. The number of benzene rings is 2. The van der Waals surface area contributed by atoms with E-state index in [0.717, 1.165) is 12.0 Å². The summed E-state index contributed by atoms with van der Waals surface area (Å²) in [5.41, 5.74) is 2.86. The van der Waals surface area contributed by atoms with Crippen LogP contribution >= 0.6 is 11.6 Å². The number of carbonyl (C=O) groups excluding carboxylic acids is 2. The lowest BCUT2D eigenvalue weighted by atomic mass is 10.1. The molecule has 0 bridgehead atoms. The van der Waals surface area contributed by atoms with Crippen molar-refractivity contribution in [1.82, 2.24) is 5.32 Å². The fourth-order valence-corrected chi connectivity index (χ4v) is 3.19. The van der Waals surface area contributed by atoms with Crippen LogP contribution < -0.4 is 10.2 Å². The maximum atomic E-state index is 13.3. The molecule has 1 aliphatic heterocycles. The maximum Gasteiger partial charge on any atom is 0.227 e. The lowest BCUT2D eigenvalue weighted by Crippen LogP contribution is -2.34. The quantitative estimate of drug-likeness (QED) is 0.870. The zero-order chi connectivity index (χ0) is 18.7. The summed E-state index contributed by atoms with van der Waals surface area (Å²) in [6.07, 6.45) is 0.884. The number of rotatable bonds is 5. The van der Waals surface area contributed by atoms with Crippen molar-refractivity contribution in [1.29, 1.82) is 0 Å². The third-order valence-corrected chi connectivity index (χ3v) is 4.83. The molecule has 0 aliphatic carbocycles. The molecule has 4 nitrogen and oxygen atoms in total. The average molecular weight is 375 g/mol. The van der Waals surface area contributed by atoms with Crippen LogP contribution in [0.3, 0.4) is 0 Å². The van der Waals surface area contributed by atoms with Crippen molar-refractivity contribution in [2.45, 2.75) is 19.8 Å². The molecule has 0 radical (unpaired) electrons. The van der Waals surface area contributed by atoms with E-state index in [1.54, 1.807) is 0 Å². The van der Waals surface area contributed by atoms with Crippen LogP contribution in [0.2, 0.25) is 5.02 Å². The summed E-state index contributed by atoms with van der Waals surface area (Å²) in [5, 5.41) is 2.86. The van der Waals surface area contributed by atoms with Gasteiger partial charge in [0, 0.05) is 25.2 Å². The van der Waals surface area contributed by atoms with Crippen LogP contribution in [0, 0.1) is 18.7 Å². The van der Waals surface area contributed by atoms with Gasteiger partial charge < -0.3 is 10.2 Å². The Morgan fingerprint density at radius 3 is 2.69 bits per heavy atom. The first kappa shape index (κ1) is 18.4. The number of anilines is 1. The molecule has 1 N–H and O–H groups in total. The van der Waals surface area contributed by atoms with Gasteiger partial charge in [0.15, 0.2) is 0 Å². The minimum Gasteiger partial charge on any atom is -0.355 e. The molecule has 2 amide bonds. The van der Waals surface area contributed by atoms with E-state index in [0.29, 0.717) is 12.2 Å². The van der Waals surface area contributed by atoms with Gasteiger partial charge in [0.1, 0.15) is 5.82 Å². The summed E-state index contributed by atoms with van der Waals surface area (Å²) in [4.78, 5) is 26.1. The number of halogens is 2. The van der Waals surface area contributed by atoms with Crippen LogP contribution in [0.1, 0.15) is 17.5 Å². The molecule has 0 saturated carbocycles. The number of aryl methyl sites for hydroxylation is 1. The van der Waals surface area contributed by atoms with Gasteiger partial charge >= 0.3 is 0 Å². The molecule has 1 aliphatic rings. The molecule has 0 spiro atoms. The summed E-state index contributed by atoms with van der Waals surface area (Å²) >= 11 is 5.78. The van der Waals surface area contributed by atoms with Crippen molar-refractivity contribution in [3.05, 3.63) is 64.4 Å². The number of nitrogens with one attached hydrogen (secondary N) is 1. The highest BCUT2D eigenvalue weighted by Gasteiger charge is 2.35. The molecule has 1 heterocycles. The molecule has 2 aromatic rings. The summed E-state index contributed by atoms with van der Waals surface area (Å²) < 4.78 is 13.3. The normalized spacial score (nSPS) is 16.8. The SMILES string of the molecule is Cc1ccc(CCNC(=O)[C@@H]2CC(=O)N(c3ccc(F)c(Cl)c3)C2)cc1. The predicted octanol–water partition coefficient (Wildman–Crippen LogP) is 3.50. The van der Waals surface area contributed by atoms with Crippen LogP contribution in [0.4, 0.5) is 10.1 Å². The first-order valence-electron chi connectivity index (χ1n) is 8.52. The highest BCUT2D eigenvalue weighted by atomic mass is 35.5. The van der Waals surface area contributed by atoms with Crippen molar-refractivity contribution in [2.24, 2.45) is 5.92 Å². The van der Waals surface area contributed by atoms with Crippen molar-refractivity contribution in [2.75, 3.05) is 18.0 Å².